The molecule has 1 aromatic carbocycles. The molecule has 0 spiro atoms. The third-order valence-electron chi connectivity index (χ3n) is 4.41. The summed E-state index contributed by atoms with van der Waals surface area (Å²) in [6.45, 7) is 4.57. The van der Waals surface area contributed by atoms with Gasteiger partial charge in [0.2, 0.25) is 17.7 Å². The molecule has 7 heteroatoms. The first-order valence-electron chi connectivity index (χ1n) is 8.81. The van der Waals surface area contributed by atoms with E-state index in [1.54, 1.807) is 36.4 Å². The van der Waals surface area contributed by atoms with Crippen LogP contribution in [0.5, 0.6) is 11.6 Å². The van der Waals surface area contributed by atoms with Gasteiger partial charge in [0, 0.05) is 24.2 Å². The molecule has 7 nitrogen and oxygen atoms in total. The molecule has 0 aliphatic carbocycles. The molecule has 2 amide bonds. The van der Waals surface area contributed by atoms with Crippen LogP contribution in [0.3, 0.4) is 0 Å². The first-order valence-corrected chi connectivity index (χ1v) is 8.81. The molecule has 142 valence electrons. The molecular formula is C20H23N3O4. The van der Waals surface area contributed by atoms with Crippen LogP contribution in [0.15, 0.2) is 42.6 Å². The fourth-order valence-corrected chi connectivity index (χ4v) is 3.05. The van der Waals surface area contributed by atoms with Gasteiger partial charge in [0.15, 0.2) is 0 Å². The van der Waals surface area contributed by atoms with E-state index in [1.807, 2.05) is 13.8 Å². The van der Waals surface area contributed by atoms with Crippen molar-refractivity contribution in [3.63, 3.8) is 0 Å². The normalized spacial score (nSPS) is 18.5. The fraction of sp³-hybridized carbons (Fsp3) is 0.350. The van der Waals surface area contributed by atoms with Crippen LogP contribution >= 0.6 is 0 Å². The van der Waals surface area contributed by atoms with E-state index in [0.29, 0.717) is 42.3 Å². The van der Waals surface area contributed by atoms with Gasteiger partial charge in [0.05, 0.1) is 17.5 Å². The molecule has 1 aliphatic rings. The van der Waals surface area contributed by atoms with Gasteiger partial charge in [-0.3, -0.25) is 9.59 Å². The Bertz CT molecular complexity index is 833. The zero-order valence-corrected chi connectivity index (χ0v) is 15.4. The van der Waals surface area contributed by atoms with Crippen LogP contribution in [-0.2, 0) is 9.53 Å². The van der Waals surface area contributed by atoms with Gasteiger partial charge in [-0.05, 0) is 51.0 Å². The number of nitrogens with two attached hydrogens (primary N) is 1. The minimum absolute atomic E-state index is 0.0315. The number of hydrogen-bond acceptors (Lipinski definition) is 5. The van der Waals surface area contributed by atoms with Crippen LogP contribution in [0.4, 0.5) is 5.69 Å². The monoisotopic (exact) mass is 369 g/mol. The molecular weight excluding hydrogens is 346 g/mol. The van der Waals surface area contributed by atoms with E-state index in [0.717, 1.165) is 0 Å². The van der Waals surface area contributed by atoms with Gasteiger partial charge in [0.1, 0.15) is 5.75 Å². The Morgan fingerprint density at radius 1 is 1.30 bits per heavy atom. The van der Waals surface area contributed by atoms with Crippen LogP contribution in [-0.4, -0.2) is 29.0 Å². The lowest BCUT2D eigenvalue weighted by molar-refractivity contribution is -0.130. The van der Waals surface area contributed by atoms with E-state index in [1.165, 1.54) is 6.20 Å². The quantitative estimate of drug-likeness (QED) is 0.843. The van der Waals surface area contributed by atoms with Crippen molar-refractivity contribution in [3.05, 3.63) is 48.2 Å². The number of anilines is 1. The summed E-state index contributed by atoms with van der Waals surface area (Å²) in [5, 5.41) is 2.89. The third-order valence-corrected chi connectivity index (χ3v) is 4.41. The van der Waals surface area contributed by atoms with Crippen molar-refractivity contribution in [3.8, 4) is 11.6 Å². The number of carbonyl (C=O) groups is 2. The summed E-state index contributed by atoms with van der Waals surface area (Å²) in [7, 11) is 0. The lowest BCUT2D eigenvalue weighted by atomic mass is 9.88. The van der Waals surface area contributed by atoms with Gasteiger partial charge < -0.3 is 20.5 Å². The molecule has 27 heavy (non-hydrogen) atoms. The van der Waals surface area contributed by atoms with Gasteiger partial charge in [0.25, 0.3) is 0 Å². The summed E-state index contributed by atoms with van der Waals surface area (Å²) >= 11 is 0. The lowest BCUT2D eigenvalue weighted by Crippen LogP contribution is -2.39. The van der Waals surface area contributed by atoms with E-state index >= 15 is 0 Å². The highest BCUT2D eigenvalue weighted by atomic mass is 16.5. The Kier molecular flexibility index (Phi) is 5.41. The lowest BCUT2D eigenvalue weighted by Gasteiger charge is -2.34. The van der Waals surface area contributed by atoms with Crippen molar-refractivity contribution in [2.75, 3.05) is 11.9 Å². The van der Waals surface area contributed by atoms with E-state index in [9.17, 15) is 9.59 Å². The van der Waals surface area contributed by atoms with Crippen LogP contribution in [0.2, 0.25) is 0 Å². The summed E-state index contributed by atoms with van der Waals surface area (Å²) < 4.78 is 11.3. The zero-order chi connectivity index (χ0) is 19.4. The maximum absolute atomic E-state index is 12.5. The molecule has 0 saturated carbocycles. The molecule has 2 aromatic rings. The number of ether oxygens (including phenoxy) is 2. The SMILES string of the molecule is CC1(C)C[C@@H](C(=O)Nc2ccc(Oc3cccc(C(N)=O)c3)nc2)CCO1. The Hall–Kier alpha value is -2.93. The molecule has 1 aliphatic heterocycles. The largest absolute Gasteiger partial charge is 0.439 e. The van der Waals surface area contributed by atoms with Gasteiger partial charge in [-0.25, -0.2) is 4.98 Å². The average Bonchev–Trinajstić information content (AvgIpc) is 2.62. The second-order valence-electron chi connectivity index (χ2n) is 7.17. The van der Waals surface area contributed by atoms with Crippen molar-refractivity contribution < 1.29 is 19.1 Å². The van der Waals surface area contributed by atoms with Gasteiger partial charge in [-0.1, -0.05) is 6.07 Å². The number of aromatic nitrogens is 1. The van der Waals surface area contributed by atoms with Crippen molar-refractivity contribution in [1.82, 2.24) is 4.98 Å². The number of primary amides is 1. The molecule has 3 rings (SSSR count). The molecule has 1 saturated heterocycles. The molecule has 1 fully saturated rings. The maximum atomic E-state index is 12.5. The molecule has 0 unspecified atom stereocenters. The number of pyridine rings is 1. The summed E-state index contributed by atoms with van der Waals surface area (Å²) in [6.07, 6.45) is 2.93. The maximum Gasteiger partial charge on any atom is 0.248 e. The Morgan fingerprint density at radius 2 is 2.11 bits per heavy atom. The molecule has 1 atom stereocenters. The van der Waals surface area contributed by atoms with Crippen LogP contribution < -0.4 is 15.8 Å². The highest BCUT2D eigenvalue weighted by molar-refractivity contribution is 5.93. The van der Waals surface area contributed by atoms with Gasteiger partial charge in [-0.15, -0.1) is 0 Å². The number of nitrogens with one attached hydrogen (secondary N) is 1. The van der Waals surface area contributed by atoms with Crippen molar-refractivity contribution in [1.29, 1.82) is 0 Å². The molecule has 1 aromatic heterocycles. The van der Waals surface area contributed by atoms with E-state index in [2.05, 4.69) is 10.3 Å². The molecule has 0 bridgehead atoms. The van der Waals surface area contributed by atoms with Gasteiger partial charge in [-0.2, -0.15) is 0 Å². The summed E-state index contributed by atoms with van der Waals surface area (Å²) in [4.78, 5) is 27.9. The zero-order valence-electron chi connectivity index (χ0n) is 15.4. The van der Waals surface area contributed by atoms with E-state index < -0.39 is 5.91 Å². The summed E-state index contributed by atoms with van der Waals surface area (Å²) in [5.74, 6) is 0.168. The second kappa shape index (κ2) is 7.75. The van der Waals surface area contributed by atoms with E-state index in [4.69, 9.17) is 15.2 Å². The van der Waals surface area contributed by atoms with Crippen molar-refractivity contribution >= 4 is 17.5 Å². The smallest absolute Gasteiger partial charge is 0.248 e. The summed E-state index contributed by atoms with van der Waals surface area (Å²) in [6, 6.07) is 9.92. The van der Waals surface area contributed by atoms with Crippen LogP contribution in [0.25, 0.3) is 0 Å². The third kappa shape index (κ3) is 5.04. The Labute approximate surface area is 157 Å². The number of carbonyl (C=O) groups excluding carboxylic acids is 2. The summed E-state index contributed by atoms with van der Waals surface area (Å²) in [5.41, 5.74) is 5.94. The average molecular weight is 369 g/mol. The number of benzene rings is 1. The number of nitrogens with zero attached hydrogens (tertiary/aromatic N) is 1. The topological polar surface area (TPSA) is 104 Å². The highest BCUT2D eigenvalue weighted by Crippen LogP contribution is 2.29. The fourth-order valence-electron chi connectivity index (χ4n) is 3.05. The van der Waals surface area contributed by atoms with Gasteiger partial charge >= 0.3 is 0 Å². The molecule has 0 radical (unpaired) electrons. The van der Waals surface area contributed by atoms with E-state index in [-0.39, 0.29) is 17.4 Å². The predicted molar refractivity (Wildman–Crippen MR) is 101 cm³/mol. The van der Waals surface area contributed by atoms with Crippen LogP contribution in [0.1, 0.15) is 37.0 Å². The number of rotatable bonds is 5. The molecule has 2 heterocycles. The highest BCUT2D eigenvalue weighted by Gasteiger charge is 2.32. The number of hydrogen-bond donors (Lipinski definition) is 2. The minimum atomic E-state index is -0.525. The van der Waals surface area contributed by atoms with Crippen molar-refractivity contribution in [2.45, 2.75) is 32.3 Å². The number of amides is 2. The van der Waals surface area contributed by atoms with Crippen molar-refractivity contribution in [2.24, 2.45) is 11.7 Å². The Balaban J connectivity index is 1.61. The minimum Gasteiger partial charge on any atom is -0.439 e. The predicted octanol–water partition coefficient (Wildman–Crippen LogP) is 3.12. The second-order valence-corrected chi connectivity index (χ2v) is 7.17. The molecule has 3 N–H and O–H groups in total. The standard InChI is InChI=1S/C20H23N3O4/c1-20(2)11-14(8-9-26-20)19(25)23-15-6-7-17(22-12-15)27-16-5-3-4-13(10-16)18(21)24/h3-7,10,12,14H,8-9,11H2,1-2H3,(H2,21,24)(H,23,25)/t14-/m0/s1. The van der Waals surface area contributed by atoms with Crippen LogP contribution in [0, 0.1) is 5.92 Å². The Morgan fingerprint density at radius 3 is 2.78 bits per heavy atom. The first-order chi connectivity index (χ1) is 12.8. The first kappa shape index (κ1) is 18.8.